The Morgan fingerprint density at radius 1 is 1.15 bits per heavy atom. The van der Waals surface area contributed by atoms with E-state index in [0.717, 1.165) is 55.2 Å². The summed E-state index contributed by atoms with van der Waals surface area (Å²) in [6.45, 7) is 14.1. The standard InChI is InChI=1S/C27H35N3O3S/c1-5-33-22-8-6-9-23-24(22)28-26(34-23)30(15-7-14-29-16-18-32-19-17-29)25(31)20-10-12-21(13-11-20)27(2,3)4/h6,8-13H,5,7,14-19H2,1-4H3. The zero-order chi connectivity index (χ0) is 24.1. The van der Waals surface area contributed by atoms with Crippen LogP contribution in [0.2, 0.25) is 0 Å². The third-order valence-electron chi connectivity index (χ3n) is 6.10. The molecule has 0 N–H and O–H groups in total. The Hall–Kier alpha value is -2.48. The Bertz CT molecular complexity index is 1100. The molecule has 1 amide bonds. The Morgan fingerprint density at radius 3 is 2.56 bits per heavy atom. The van der Waals surface area contributed by atoms with Crippen molar-refractivity contribution in [3.05, 3.63) is 53.6 Å². The van der Waals surface area contributed by atoms with Gasteiger partial charge in [-0.1, -0.05) is 50.3 Å². The van der Waals surface area contributed by atoms with Gasteiger partial charge in [0.05, 0.1) is 24.5 Å². The Kier molecular flexibility index (Phi) is 7.86. The first-order valence-corrected chi connectivity index (χ1v) is 12.9. The second-order valence-electron chi connectivity index (χ2n) is 9.62. The highest BCUT2D eigenvalue weighted by atomic mass is 32.1. The lowest BCUT2D eigenvalue weighted by atomic mass is 9.86. The average Bonchev–Trinajstić information content (AvgIpc) is 3.27. The van der Waals surface area contributed by atoms with Crippen molar-refractivity contribution >= 4 is 32.6 Å². The normalized spacial score (nSPS) is 14.9. The van der Waals surface area contributed by atoms with Crippen LogP contribution in [0.5, 0.6) is 5.75 Å². The number of hydrogen-bond acceptors (Lipinski definition) is 6. The minimum Gasteiger partial charge on any atom is -0.492 e. The smallest absolute Gasteiger partial charge is 0.260 e. The predicted octanol–water partition coefficient (Wildman–Crippen LogP) is 5.36. The number of amides is 1. The van der Waals surface area contributed by atoms with E-state index in [9.17, 15) is 4.79 Å². The number of carbonyl (C=O) groups is 1. The molecule has 0 bridgehead atoms. The Balaban J connectivity index is 1.60. The van der Waals surface area contributed by atoms with Gasteiger partial charge in [-0.05, 0) is 48.6 Å². The van der Waals surface area contributed by atoms with E-state index < -0.39 is 0 Å². The van der Waals surface area contributed by atoms with E-state index in [1.807, 2.05) is 42.2 Å². The number of carbonyl (C=O) groups excluding carboxylic acids is 1. The van der Waals surface area contributed by atoms with Gasteiger partial charge in [-0.3, -0.25) is 14.6 Å². The molecule has 1 saturated heterocycles. The fraction of sp³-hybridized carbons (Fsp3) is 0.481. The second-order valence-corrected chi connectivity index (χ2v) is 10.6. The molecule has 0 saturated carbocycles. The van der Waals surface area contributed by atoms with Crippen LogP contribution in [-0.4, -0.2) is 61.8 Å². The fourth-order valence-corrected chi connectivity index (χ4v) is 5.14. The van der Waals surface area contributed by atoms with E-state index in [0.29, 0.717) is 23.8 Å². The molecule has 34 heavy (non-hydrogen) atoms. The Morgan fingerprint density at radius 2 is 1.88 bits per heavy atom. The summed E-state index contributed by atoms with van der Waals surface area (Å²) in [4.78, 5) is 22.8. The van der Waals surface area contributed by atoms with Crippen LogP contribution >= 0.6 is 11.3 Å². The molecule has 182 valence electrons. The molecule has 0 aliphatic carbocycles. The van der Waals surface area contributed by atoms with Crippen LogP contribution in [0.25, 0.3) is 10.2 Å². The van der Waals surface area contributed by atoms with Gasteiger partial charge in [-0.2, -0.15) is 0 Å². The molecule has 3 aromatic rings. The van der Waals surface area contributed by atoms with Crippen LogP contribution in [0.15, 0.2) is 42.5 Å². The fourth-order valence-electron chi connectivity index (χ4n) is 4.13. The lowest BCUT2D eigenvalue weighted by Gasteiger charge is -2.28. The van der Waals surface area contributed by atoms with E-state index in [1.165, 1.54) is 5.56 Å². The predicted molar refractivity (Wildman–Crippen MR) is 139 cm³/mol. The van der Waals surface area contributed by atoms with Crippen LogP contribution in [0.1, 0.15) is 50.0 Å². The molecule has 0 radical (unpaired) electrons. The highest BCUT2D eigenvalue weighted by Crippen LogP contribution is 2.35. The third-order valence-corrected chi connectivity index (χ3v) is 7.15. The maximum absolute atomic E-state index is 13.7. The van der Waals surface area contributed by atoms with Gasteiger partial charge < -0.3 is 9.47 Å². The molecule has 1 fully saturated rings. The maximum atomic E-state index is 13.7. The molecule has 6 nitrogen and oxygen atoms in total. The summed E-state index contributed by atoms with van der Waals surface area (Å²) < 4.78 is 12.3. The minimum atomic E-state index is -0.0144. The molecule has 2 aromatic carbocycles. The number of hydrogen-bond donors (Lipinski definition) is 0. The molecular formula is C27H35N3O3S. The number of fused-ring (bicyclic) bond motifs is 1. The van der Waals surface area contributed by atoms with Crippen molar-refractivity contribution in [2.45, 2.75) is 39.5 Å². The van der Waals surface area contributed by atoms with Crippen LogP contribution in [0.3, 0.4) is 0 Å². The lowest BCUT2D eigenvalue weighted by Crippen LogP contribution is -2.39. The summed E-state index contributed by atoms with van der Waals surface area (Å²) in [5.74, 6) is 0.747. The molecule has 0 atom stereocenters. The van der Waals surface area contributed by atoms with Crippen molar-refractivity contribution in [3.8, 4) is 5.75 Å². The minimum absolute atomic E-state index is 0.0144. The molecule has 1 aromatic heterocycles. The molecule has 0 unspecified atom stereocenters. The van der Waals surface area contributed by atoms with Gasteiger partial charge in [0.15, 0.2) is 5.13 Å². The molecule has 7 heteroatoms. The number of rotatable bonds is 8. The van der Waals surface area contributed by atoms with Crippen molar-refractivity contribution in [1.82, 2.24) is 9.88 Å². The number of morpholine rings is 1. The summed E-state index contributed by atoms with van der Waals surface area (Å²) >= 11 is 1.54. The Labute approximate surface area is 206 Å². The highest BCUT2D eigenvalue weighted by molar-refractivity contribution is 7.22. The van der Waals surface area contributed by atoms with Crippen LogP contribution < -0.4 is 9.64 Å². The number of para-hydroxylation sites is 1. The van der Waals surface area contributed by atoms with Crippen LogP contribution in [-0.2, 0) is 10.2 Å². The third kappa shape index (κ3) is 5.77. The van der Waals surface area contributed by atoms with Crippen LogP contribution in [0, 0.1) is 0 Å². The molecular weight excluding hydrogens is 446 g/mol. The second kappa shape index (κ2) is 10.8. The van der Waals surface area contributed by atoms with Crippen molar-refractivity contribution < 1.29 is 14.3 Å². The van der Waals surface area contributed by atoms with E-state index >= 15 is 0 Å². The number of thiazole rings is 1. The lowest BCUT2D eigenvalue weighted by molar-refractivity contribution is 0.0376. The molecule has 1 aliphatic heterocycles. The topological polar surface area (TPSA) is 54.9 Å². The maximum Gasteiger partial charge on any atom is 0.260 e. The van der Waals surface area contributed by atoms with Gasteiger partial charge >= 0.3 is 0 Å². The number of aromatic nitrogens is 1. The summed E-state index contributed by atoms with van der Waals surface area (Å²) in [5, 5.41) is 0.717. The molecule has 0 spiro atoms. The van der Waals surface area contributed by atoms with Gasteiger partial charge in [0.2, 0.25) is 0 Å². The monoisotopic (exact) mass is 481 g/mol. The quantitative estimate of drug-likeness (QED) is 0.433. The number of nitrogens with zero attached hydrogens (tertiary/aromatic N) is 3. The zero-order valence-electron chi connectivity index (χ0n) is 20.7. The van der Waals surface area contributed by atoms with Crippen molar-refractivity contribution in [2.24, 2.45) is 0 Å². The van der Waals surface area contributed by atoms with Crippen molar-refractivity contribution in [1.29, 1.82) is 0 Å². The van der Waals surface area contributed by atoms with Gasteiger partial charge in [0.25, 0.3) is 5.91 Å². The van der Waals surface area contributed by atoms with Gasteiger partial charge in [0.1, 0.15) is 11.3 Å². The summed E-state index contributed by atoms with van der Waals surface area (Å²) in [6, 6.07) is 14.0. The largest absolute Gasteiger partial charge is 0.492 e. The number of ether oxygens (including phenoxy) is 2. The van der Waals surface area contributed by atoms with Gasteiger partial charge in [0, 0.05) is 31.7 Å². The van der Waals surface area contributed by atoms with Gasteiger partial charge in [-0.25, -0.2) is 4.98 Å². The van der Waals surface area contributed by atoms with E-state index in [-0.39, 0.29) is 11.3 Å². The van der Waals surface area contributed by atoms with Crippen LogP contribution in [0.4, 0.5) is 5.13 Å². The molecule has 4 rings (SSSR count). The van der Waals surface area contributed by atoms with Gasteiger partial charge in [-0.15, -0.1) is 0 Å². The number of anilines is 1. The molecule has 1 aliphatic rings. The SMILES string of the molecule is CCOc1cccc2sc(N(CCCN3CCOCC3)C(=O)c3ccc(C(C)(C)C)cc3)nc12. The summed E-state index contributed by atoms with van der Waals surface area (Å²) in [6.07, 6.45) is 0.875. The van der Waals surface area contributed by atoms with Crippen molar-refractivity contribution in [3.63, 3.8) is 0 Å². The zero-order valence-corrected chi connectivity index (χ0v) is 21.5. The van der Waals surface area contributed by atoms with Crippen molar-refractivity contribution in [2.75, 3.05) is 50.9 Å². The summed E-state index contributed by atoms with van der Waals surface area (Å²) in [5.41, 5.74) is 2.76. The molecule has 2 heterocycles. The van der Waals surface area contributed by atoms with E-state index in [2.05, 4.69) is 37.8 Å². The first kappa shape index (κ1) is 24.6. The summed E-state index contributed by atoms with van der Waals surface area (Å²) in [7, 11) is 0. The first-order chi connectivity index (χ1) is 16.4. The average molecular weight is 482 g/mol. The van der Waals surface area contributed by atoms with E-state index in [1.54, 1.807) is 11.3 Å². The number of benzene rings is 2. The first-order valence-electron chi connectivity index (χ1n) is 12.1. The van der Waals surface area contributed by atoms with E-state index in [4.69, 9.17) is 14.5 Å². The highest BCUT2D eigenvalue weighted by Gasteiger charge is 2.23.